The van der Waals surface area contributed by atoms with Gasteiger partial charge < -0.3 is 9.31 Å². The van der Waals surface area contributed by atoms with Crippen molar-refractivity contribution in [2.45, 2.75) is 196 Å². The molecule has 0 N–H and O–H groups in total. The van der Waals surface area contributed by atoms with E-state index in [2.05, 4.69) is 307 Å². The number of hydrogen-bond acceptors (Lipinski definition) is 8. The van der Waals surface area contributed by atoms with E-state index in [0.29, 0.717) is 23.3 Å². The van der Waals surface area contributed by atoms with Crippen LogP contribution in [0.4, 0.5) is 0 Å². The van der Waals surface area contributed by atoms with Gasteiger partial charge in [0, 0.05) is 22.3 Å². The van der Waals surface area contributed by atoms with Crippen molar-refractivity contribution >= 4 is 35.8 Å². The van der Waals surface area contributed by atoms with E-state index in [1.165, 1.54) is 55.6 Å². The summed E-state index contributed by atoms with van der Waals surface area (Å²) < 4.78 is 12.5. The minimum atomic E-state index is -0.340. The maximum Gasteiger partial charge on any atom is 0.494 e. The molecule has 1 aliphatic heterocycles. The SMILES string of the molecule is CC(C)(C)c1cc(-c2cccc(-c3nc(-c4ccccc4)nc(-c4cccc(-c5cc(C(C)(C)C)cc(C(C)(C)C)c5)c4)n3)c2)cc(C(C)(C)C)c1.CC(C)(C)c1cc(-c2cccc(B3OC(C)(C)C(C)(C)O3)c2)cc(C(C)(C)C)c1.Clc1nc(Cl)nc(-c2ccccc2)n1. The summed E-state index contributed by atoms with van der Waals surface area (Å²) in [5.41, 5.74) is 19.6. The lowest BCUT2D eigenvalue weighted by atomic mass is 9.76. The molecule has 0 unspecified atom stereocenters. The Labute approximate surface area is 578 Å². The highest BCUT2D eigenvalue weighted by atomic mass is 35.5. The molecule has 1 fully saturated rings. The standard InChI is InChI=1S/C49H55N3.C26H37BO2.C9H5Cl2N3/c1-46(2,3)39-26-37(27-40(30-39)47(4,5)6)33-20-16-22-35(24-33)44-50-43(32-18-14-13-15-19-32)51-45(52-44)36-23-17-21-34(25-36)38-28-41(48(7,8)9)31-42(29-38)49(10,11)12;1-23(2,3)20-14-19(15-21(17-20)24(4,5)6)18-12-11-13-22(16-18)27-28-25(7,8)26(9,10)29-27;10-8-12-7(13-9(11)14-8)6-4-2-1-3-5-6/h13-31H,1-12H3;11-17H,1-10H3;1-5H. The first-order valence-electron chi connectivity index (χ1n) is 33.2. The molecule has 11 rings (SSSR count). The molecule has 1 saturated heterocycles. The van der Waals surface area contributed by atoms with E-state index in [4.69, 9.17) is 47.5 Å². The maximum atomic E-state index is 6.27. The van der Waals surface area contributed by atoms with Gasteiger partial charge in [0.2, 0.25) is 10.6 Å². The fraction of sp³-hybridized carbons (Fsp3) is 0.357. The molecule has 1 aliphatic rings. The first kappa shape index (κ1) is 71.6. The van der Waals surface area contributed by atoms with E-state index in [9.17, 15) is 0 Å². The molecule has 0 atom stereocenters. The van der Waals surface area contributed by atoms with Gasteiger partial charge in [-0.2, -0.15) is 15.0 Å². The molecule has 0 aliphatic carbocycles. The second-order valence-corrected chi connectivity index (χ2v) is 33.2. The second kappa shape index (κ2) is 27.5. The van der Waals surface area contributed by atoms with Crippen molar-refractivity contribution in [2.75, 3.05) is 0 Å². The van der Waals surface area contributed by atoms with Crippen LogP contribution in [0.3, 0.4) is 0 Å². The van der Waals surface area contributed by atoms with Crippen LogP contribution in [-0.2, 0) is 41.8 Å². The molecule has 2 aromatic heterocycles. The predicted octanol–water partition coefficient (Wildman–Crippen LogP) is 22.5. The van der Waals surface area contributed by atoms with Crippen LogP contribution in [0.5, 0.6) is 0 Å². The highest BCUT2D eigenvalue weighted by Crippen LogP contribution is 2.41. The summed E-state index contributed by atoms with van der Waals surface area (Å²) in [4.78, 5) is 26.9. The predicted molar refractivity (Wildman–Crippen MR) is 402 cm³/mol. The van der Waals surface area contributed by atoms with E-state index >= 15 is 0 Å². The van der Waals surface area contributed by atoms with Gasteiger partial charge in [0.25, 0.3) is 0 Å². The van der Waals surface area contributed by atoms with Crippen LogP contribution < -0.4 is 5.46 Å². The third kappa shape index (κ3) is 17.9. The van der Waals surface area contributed by atoms with Gasteiger partial charge >= 0.3 is 7.12 Å². The van der Waals surface area contributed by atoms with E-state index in [1.807, 2.05) is 48.5 Å². The Balaban J connectivity index is 0.000000204. The zero-order valence-corrected chi connectivity index (χ0v) is 61.7. The van der Waals surface area contributed by atoms with Gasteiger partial charge in [-0.1, -0.05) is 301 Å². The molecule has 8 nitrogen and oxygen atoms in total. The molecule has 0 saturated carbocycles. The lowest BCUT2D eigenvalue weighted by Gasteiger charge is -2.32. The molecular weight excluding hydrogens is 1210 g/mol. The minimum absolute atomic E-state index is 0.0260. The summed E-state index contributed by atoms with van der Waals surface area (Å²) in [6, 6.07) is 66.7. The lowest BCUT2D eigenvalue weighted by molar-refractivity contribution is 0.00578. The summed E-state index contributed by atoms with van der Waals surface area (Å²) in [7, 11) is -0.340. The average molecular weight is 1300 g/mol. The van der Waals surface area contributed by atoms with Crippen LogP contribution in [0.2, 0.25) is 10.6 Å². The minimum Gasteiger partial charge on any atom is -0.399 e. The Hall–Kier alpha value is -7.66. The lowest BCUT2D eigenvalue weighted by Crippen LogP contribution is -2.41. The van der Waals surface area contributed by atoms with E-state index < -0.39 is 0 Å². The maximum absolute atomic E-state index is 6.27. The molecule has 95 heavy (non-hydrogen) atoms. The number of benzene rings is 8. The van der Waals surface area contributed by atoms with Crippen molar-refractivity contribution < 1.29 is 9.31 Å². The van der Waals surface area contributed by atoms with Crippen molar-refractivity contribution in [3.8, 4) is 78.9 Å². The Morgan fingerprint density at radius 1 is 0.263 bits per heavy atom. The summed E-state index contributed by atoms with van der Waals surface area (Å²) in [5.74, 6) is 2.45. The monoisotopic (exact) mass is 1300 g/mol. The van der Waals surface area contributed by atoms with Gasteiger partial charge in [0.15, 0.2) is 23.3 Å². The van der Waals surface area contributed by atoms with Crippen molar-refractivity contribution in [3.63, 3.8) is 0 Å². The molecule has 10 aromatic rings. The smallest absolute Gasteiger partial charge is 0.399 e. The van der Waals surface area contributed by atoms with Crippen LogP contribution in [0.25, 0.3) is 78.9 Å². The molecule has 3 heterocycles. The third-order valence-electron chi connectivity index (χ3n) is 17.9. The van der Waals surface area contributed by atoms with Crippen molar-refractivity contribution in [2.24, 2.45) is 0 Å². The molecule has 0 amide bonds. The van der Waals surface area contributed by atoms with Crippen LogP contribution in [0.1, 0.15) is 186 Å². The Bertz CT molecular complexity index is 4080. The average Bonchev–Trinajstić information content (AvgIpc) is 1.75. The summed E-state index contributed by atoms with van der Waals surface area (Å²) in [5, 5.41) is 0.202. The van der Waals surface area contributed by atoms with Crippen molar-refractivity contribution in [3.05, 3.63) is 232 Å². The molecule has 0 bridgehead atoms. The quantitative estimate of drug-likeness (QED) is 0.139. The summed E-state index contributed by atoms with van der Waals surface area (Å²) in [6.07, 6.45) is 0. The summed E-state index contributed by atoms with van der Waals surface area (Å²) in [6.45, 7) is 49.5. The number of rotatable bonds is 8. The Morgan fingerprint density at radius 2 is 0.516 bits per heavy atom. The first-order valence-corrected chi connectivity index (χ1v) is 34.0. The normalized spacial score (nSPS) is 14.2. The highest BCUT2D eigenvalue weighted by Gasteiger charge is 2.51. The zero-order chi connectivity index (χ0) is 69.4. The van der Waals surface area contributed by atoms with Gasteiger partial charge in [-0.3, -0.25) is 0 Å². The molecule has 0 radical (unpaired) electrons. The van der Waals surface area contributed by atoms with Crippen molar-refractivity contribution in [1.29, 1.82) is 0 Å². The third-order valence-corrected chi connectivity index (χ3v) is 18.3. The zero-order valence-electron chi connectivity index (χ0n) is 60.2. The van der Waals surface area contributed by atoms with E-state index in [-0.39, 0.29) is 61.4 Å². The Morgan fingerprint density at radius 3 is 0.821 bits per heavy atom. The molecule has 8 aromatic carbocycles. The highest BCUT2D eigenvalue weighted by molar-refractivity contribution is 6.62. The number of halogens is 2. The van der Waals surface area contributed by atoms with E-state index in [0.717, 1.165) is 38.8 Å². The molecule has 492 valence electrons. The summed E-state index contributed by atoms with van der Waals surface area (Å²) >= 11 is 11.3. The van der Waals surface area contributed by atoms with Gasteiger partial charge in [0.1, 0.15) is 0 Å². The molecule has 11 heteroatoms. The fourth-order valence-electron chi connectivity index (χ4n) is 10.9. The topological polar surface area (TPSA) is 95.8 Å². The van der Waals surface area contributed by atoms with Gasteiger partial charge in [-0.15, -0.1) is 0 Å². The number of hydrogen-bond donors (Lipinski definition) is 0. The van der Waals surface area contributed by atoms with Gasteiger partial charge in [-0.25, -0.2) is 15.0 Å². The van der Waals surface area contributed by atoms with Gasteiger partial charge in [0.05, 0.1) is 11.2 Å². The second-order valence-electron chi connectivity index (χ2n) is 32.5. The Kier molecular flexibility index (Phi) is 20.7. The van der Waals surface area contributed by atoms with Crippen LogP contribution >= 0.6 is 23.2 Å². The van der Waals surface area contributed by atoms with E-state index in [1.54, 1.807) is 0 Å². The van der Waals surface area contributed by atoms with Crippen LogP contribution in [-0.4, -0.2) is 48.2 Å². The first-order chi connectivity index (χ1) is 44.1. The number of nitrogens with zero attached hydrogens (tertiary/aromatic N) is 6. The van der Waals surface area contributed by atoms with Crippen molar-refractivity contribution in [1.82, 2.24) is 29.9 Å². The molecular formula is C84H97BCl2N6O2. The number of aromatic nitrogens is 6. The van der Waals surface area contributed by atoms with Gasteiger partial charge in [-0.05, 0) is 168 Å². The van der Waals surface area contributed by atoms with Crippen LogP contribution in [0, 0.1) is 0 Å². The fourth-order valence-corrected chi connectivity index (χ4v) is 11.3. The largest absolute Gasteiger partial charge is 0.494 e. The molecule has 0 spiro atoms. The van der Waals surface area contributed by atoms with Crippen LogP contribution in [0.15, 0.2) is 188 Å².